The van der Waals surface area contributed by atoms with Crippen LogP contribution in [0.5, 0.6) is 0 Å². The van der Waals surface area contributed by atoms with Crippen molar-refractivity contribution in [2.75, 3.05) is 26.7 Å². The Morgan fingerprint density at radius 2 is 2.20 bits per heavy atom. The fourth-order valence-corrected chi connectivity index (χ4v) is 2.61. The highest BCUT2D eigenvalue weighted by molar-refractivity contribution is 5.77. The van der Waals surface area contributed by atoms with Crippen molar-refractivity contribution in [3.05, 3.63) is 18.2 Å². The van der Waals surface area contributed by atoms with Crippen molar-refractivity contribution in [2.24, 2.45) is 0 Å². The third-order valence-corrected chi connectivity index (χ3v) is 3.94. The second-order valence-corrected chi connectivity index (χ2v) is 5.28. The van der Waals surface area contributed by atoms with Gasteiger partial charge in [-0.05, 0) is 19.8 Å². The molecule has 0 atom stereocenters. The molecule has 2 rings (SSSR count). The Morgan fingerprint density at radius 1 is 1.45 bits per heavy atom. The molecule has 20 heavy (non-hydrogen) atoms. The number of nitrogens with one attached hydrogen (secondary N) is 2. The third-order valence-electron chi connectivity index (χ3n) is 3.94. The average Bonchev–Trinajstić information content (AvgIpc) is 2.94. The number of carbonyl (C=O) groups is 1. The predicted octanol–water partition coefficient (Wildman–Crippen LogP) is 0.203. The molecule has 0 unspecified atom stereocenters. The molecule has 2 N–H and O–H groups in total. The maximum atomic E-state index is 11.3. The standard InChI is InChI=1S/C14H25N5O/c1-3-19-11-16-8-13(19)9-17-12-4-6-18(7-5-12)10-14(20)15-2/h8,11-12,17H,3-7,9-10H2,1-2H3,(H,15,20). The van der Waals surface area contributed by atoms with Gasteiger partial charge in [0, 0.05) is 45.5 Å². The quantitative estimate of drug-likeness (QED) is 0.781. The van der Waals surface area contributed by atoms with Crippen LogP contribution >= 0.6 is 0 Å². The molecular formula is C14H25N5O. The van der Waals surface area contributed by atoms with Crippen LogP contribution in [0.25, 0.3) is 0 Å². The number of aromatic nitrogens is 2. The maximum absolute atomic E-state index is 11.3. The van der Waals surface area contributed by atoms with E-state index in [0.717, 1.165) is 39.0 Å². The first-order chi connectivity index (χ1) is 9.72. The van der Waals surface area contributed by atoms with Crippen molar-refractivity contribution >= 4 is 5.91 Å². The molecule has 1 saturated heterocycles. The lowest BCUT2D eigenvalue weighted by atomic mass is 10.0. The van der Waals surface area contributed by atoms with Gasteiger partial charge in [-0.15, -0.1) is 0 Å². The molecule has 1 aromatic heterocycles. The number of rotatable bonds is 6. The minimum atomic E-state index is 0.100. The number of imidazole rings is 1. The number of likely N-dealkylation sites (tertiary alicyclic amines) is 1. The average molecular weight is 279 g/mol. The SMILES string of the molecule is CCn1cncc1CNC1CCN(CC(=O)NC)CC1. The van der Waals surface area contributed by atoms with E-state index in [2.05, 4.69) is 32.0 Å². The van der Waals surface area contributed by atoms with Gasteiger partial charge in [-0.3, -0.25) is 9.69 Å². The molecule has 0 spiro atoms. The minimum Gasteiger partial charge on any atom is -0.358 e. The highest BCUT2D eigenvalue weighted by atomic mass is 16.1. The third kappa shape index (κ3) is 4.05. The Morgan fingerprint density at radius 3 is 2.85 bits per heavy atom. The van der Waals surface area contributed by atoms with Crippen LogP contribution in [-0.4, -0.2) is 53.1 Å². The summed E-state index contributed by atoms with van der Waals surface area (Å²) < 4.78 is 2.16. The maximum Gasteiger partial charge on any atom is 0.233 e. The molecule has 1 amide bonds. The van der Waals surface area contributed by atoms with Crippen molar-refractivity contribution in [2.45, 2.75) is 38.9 Å². The number of hydrogen-bond acceptors (Lipinski definition) is 4. The monoisotopic (exact) mass is 279 g/mol. The Balaban J connectivity index is 1.71. The number of carbonyl (C=O) groups excluding carboxylic acids is 1. The zero-order valence-corrected chi connectivity index (χ0v) is 12.4. The summed E-state index contributed by atoms with van der Waals surface area (Å²) in [4.78, 5) is 17.7. The molecule has 6 nitrogen and oxygen atoms in total. The van der Waals surface area contributed by atoms with E-state index in [0.29, 0.717) is 12.6 Å². The molecule has 1 aliphatic rings. The van der Waals surface area contributed by atoms with Gasteiger partial charge < -0.3 is 15.2 Å². The summed E-state index contributed by atoms with van der Waals surface area (Å²) in [6.45, 7) is 6.44. The van der Waals surface area contributed by atoms with E-state index < -0.39 is 0 Å². The van der Waals surface area contributed by atoms with E-state index in [1.165, 1.54) is 5.69 Å². The fourth-order valence-electron chi connectivity index (χ4n) is 2.61. The zero-order chi connectivity index (χ0) is 14.4. The molecular weight excluding hydrogens is 254 g/mol. The van der Waals surface area contributed by atoms with E-state index in [1.54, 1.807) is 7.05 Å². The highest BCUT2D eigenvalue weighted by Crippen LogP contribution is 2.11. The van der Waals surface area contributed by atoms with Gasteiger partial charge in [-0.25, -0.2) is 4.98 Å². The molecule has 0 bridgehead atoms. The lowest BCUT2D eigenvalue weighted by molar-refractivity contribution is -0.122. The van der Waals surface area contributed by atoms with Crippen molar-refractivity contribution in [1.29, 1.82) is 0 Å². The molecule has 1 aromatic rings. The molecule has 0 aliphatic carbocycles. The summed E-state index contributed by atoms with van der Waals surface area (Å²) >= 11 is 0. The number of hydrogen-bond donors (Lipinski definition) is 2. The van der Waals surface area contributed by atoms with Crippen LogP contribution in [0.3, 0.4) is 0 Å². The van der Waals surface area contributed by atoms with Crippen molar-refractivity contribution in [1.82, 2.24) is 25.1 Å². The van der Waals surface area contributed by atoms with E-state index in [-0.39, 0.29) is 5.91 Å². The largest absolute Gasteiger partial charge is 0.358 e. The molecule has 1 fully saturated rings. The van der Waals surface area contributed by atoms with Crippen molar-refractivity contribution in [3.63, 3.8) is 0 Å². The van der Waals surface area contributed by atoms with Gasteiger partial charge in [0.15, 0.2) is 0 Å². The van der Waals surface area contributed by atoms with E-state index in [4.69, 9.17) is 0 Å². The van der Waals surface area contributed by atoms with Gasteiger partial charge in [0.1, 0.15) is 0 Å². The van der Waals surface area contributed by atoms with Crippen LogP contribution in [0.15, 0.2) is 12.5 Å². The smallest absolute Gasteiger partial charge is 0.233 e. The van der Waals surface area contributed by atoms with E-state index >= 15 is 0 Å². The summed E-state index contributed by atoms with van der Waals surface area (Å²) in [6, 6.07) is 0.538. The van der Waals surface area contributed by atoms with Crippen LogP contribution in [0, 0.1) is 0 Å². The van der Waals surface area contributed by atoms with Crippen molar-refractivity contribution < 1.29 is 4.79 Å². The van der Waals surface area contributed by atoms with Gasteiger partial charge in [0.05, 0.1) is 18.6 Å². The molecule has 0 radical (unpaired) electrons. The Bertz CT molecular complexity index is 423. The Kier molecular flexibility index (Phi) is 5.55. The van der Waals surface area contributed by atoms with Gasteiger partial charge >= 0.3 is 0 Å². The number of amides is 1. The highest BCUT2D eigenvalue weighted by Gasteiger charge is 2.20. The number of likely N-dealkylation sites (N-methyl/N-ethyl adjacent to an activating group) is 1. The van der Waals surface area contributed by atoms with Crippen LogP contribution in [0.1, 0.15) is 25.5 Å². The van der Waals surface area contributed by atoms with Crippen LogP contribution < -0.4 is 10.6 Å². The molecule has 0 aromatic carbocycles. The van der Waals surface area contributed by atoms with E-state index in [9.17, 15) is 4.79 Å². The first kappa shape index (κ1) is 15.0. The first-order valence-corrected chi connectivity index (χ1v) is 7.38. The summed E-state index contributed by atoms with van der Waals surface area (Å²) in [5, 5.41) is 6.27. The number of aryl methyl sites for hydroxylation is 1. The van der Waals surface area contributed by atoms with Crippen molar-refractivity contribution in [3.8, 4) is 0 Å². The predicted molar refractivity (Wildman–Crippen MR) is 78.3 cm³/mol. The van der Waals surface area contributed by atoms with Gasteiger partial charge in [-0.2, -0.15) is 0 Å². The topological polar surface area (TPSA) is 62.2 Å². The number of piperidine rings is 1. The van der Waals surface area contributed by atoms with E-state index in [1.807, 2.05) is 12.5 Å². The van der Waals surface area contributed by atoms with Gasteiger partial charge in [0.2, 0.25) is 5.91 Å². The lowest BCUT2D eigenvalue weighted by Crippen LogP contribution is -2.45. The van der Waals surface area contributed by atoms with Gasteiger partial charge in [0.25, 0.3) is 0 Å². The molecule has 112 valence electrons. The fraction of sp³-hybridized carbons (Fsp3) is 0.714. The van der Waals surface area contributed by atoms with Gasteiger partial charge in [-0.1, -0.05) is 0 Å². The van der Waals surface area contributed by atoms with Crippen LogP contribution in [-0.2, 0) is 17.9 Å². The molecule has 1 aliphatic heterocycles. The molecule has 2 heterocycles. The second-order valence-electron chi connectivity index (χ2n) is 5.28. The second kappa shape index (κ2) is 7.40. The Hall–Kier alpha value is -1.40. The molecule has 6 heteroatoms. The normalized spacial score (nSPS) is 17.3. The first-order valence-electron chi connectivity index (χ1n) is 7.38. The molecule has 0 saturated carbocycles. The lowest BCUT2D eigenvalue weighted by Gasteiger charge is -2.31. The summed E-state index contributed by atoms with van der Waals surface area (Å²) in [5.41, 5.74) is 1.24. The minimum absolute atomic E-state index is 0.100. The summed E-state index contributed by atoms with van der Waals surface area (Å²) in [5.74, 6) is 0.100. The summed E-state index contributed by atoms with van der Waals surface area (Å²) in [6.07, 6.45) is 5.99. The van der Waals surface area contributed by atoms with Crippen LogP contribution in [0.2, 0.25) is 0 Å². The summed E-state index contributed by atoms with van der Waals surface area (Å²) in [7, 11) is 1.69. The Labute approximate surface area is 120 Å². The van der Waals surface area contributed by atoms with Crippen LogP contribution in [0.4, 0.5) is 0 Å². The zero-order valence-electron chi connectivity index (χ0n) is 12.4. The number of nitrogens with zero attached hydrogens (tertiary/aromatic N) is 3.